The molecule has 17 nitrogen and oxygen atoms in total. The maximum atomic E-state index is 13.0. The lowest BCUT2D eigenvalue weighted by molar-refractivity contribution is -0.151. The largest absolute Gasteiger partial charge is 0.508 e. The van der Waals surface area contributed by atoms with Crippen molar-refractivity contribution in [2.45, 2.75) is 63.3 Å². The first-order valence-electron chi connectivity index (χ1n) is 12.5. The van der Waals surface area contributed by atoms with Crippen LogP contribution in [0.5, 0.6) is 5.75 Å². The number of carbonyl (C=O) groups excluding carboxylic acids is 6. The van der Waals surface area contributed by atoms with Crippen molar-refractivity contribution in [3.63, 3.8) is 0 Å². The van der Waals surface area contributed by atoms with Crippen LogP contribution in [0.15, 0.2) is 24.3 Å². The van der Waals surface area contributed by atoms with Gasteiger partial charge in [-0.25, -0.2) is 4.79 Å². The molecular formula is C25H31N5O12. The van der Waals surface area contributed by atoms with Crippen LogP contribution in [-0.2, 0) is 44.8 Å². The molecule has 1 aromatic carbocycles. The molecule has 228 valence electrons. The Bertz CT molecular complexity index is 1250. The number of rotatable bonds is 14. The topological polar surface area (TPSA) is 269 Å². The van der Waals surface area contributed by atoms with E-state index >= 15 is 0 Å². The summed E-state index contributed by atoms with van der Waals surface area (Å²) < 4.78 is 0. The molecule has 2 rings (SSSR count). The predicted molar refractivity (Wildman–Crippen MR) is 138 cm³/mol. The number of nitrogens with zero attached hydrogens (tertiary/aromatic N) is 1. The summed E-state index contributed by atoms with van der Waals surface area (Å²) >= 11 is 0. The second kappa shape index (κ2) is 14.5. The third kappa shape index (κ3) is 8.98. The van der Waals surface area contributed by atoms with Crippen LogP contribution in [0.3, 0.4) is 0 Å². The molecule has 0 saturated carbocycles. The van der Waals surface area contributed by atoms with E-state index in [0.717, 1.165) is 6.92 Å². The third-order valence-electron chi connectivity index (χ3n) is 6.10. The molecule has 1 heterocycles. The number of carboxylic acids is 2. The van der Waals surface area contributed by atoms with Crippen LogP contribution in [0.2, 0.25) is 0 Å². The highest BCUT2D eigenvalue weighted by atomic mass is 16.4. The van der Waals surface area contributed by atoms with Crippen LogP contribution >= 0.6 is 0 Å². The SMILES string of the molecule is CC(=O)N[C@H]1CC(=O)N([C@@H](CC(=O)O)C(=O)N[C@@H](C)C(=O)N[C@@H](Cc2ccc(O)cc2)C(=O)N[C@@H](CO)C(=O)O)C1=O. The Labute approximate surface area is 238 Å². The summed E-state index contributed by atoms with van der Waals surface area (Å²) in [6.07, 6.45) is -1.72. The van der Waals surface area contributed by atoms with Gasteiger partial charge in [-0.15, -0.1) is 0 Å². The summed E-state index contributed by atoms with van der Waals surface area (Å²) in [6, 6.07) is -2.28. The molecule has 8 N–H and O–H groups in total. The maximum Gasteiger partial charge on any atom is 0.328 e. The summed E-state index contributed by atoms with van der Waals surface area (Å²) in [4.78, 5) is 98.5. The van der Waals surface area contributed by atoms with E-state index in [4.69, 9.17) is 5.11 Å². The van der Waals surface area contributed by atoms with Crippen LogP contribution in [0.4, 0.5) is 0 Å². The van der Waals surface area contributed by atoms with Crippen molar-refractivity contribution in [3.05, 3.63) is 29.8 Å². The number of amides is 6. The van der Waals surface area contributed by atoms with Gasteiger partial charge in [0.15, 0.2) is 0 Å². The Morgan fingerprint density at radius 1 is 0.929 bits per heavy atom. The Kier molecular flexibility index (Phi) is 11.5. The Balaban J connectivity index is 2.22. The minimum absolute atomic E-state index is 0.0828. The second-order valence-electron chi connectivity index (χ2n) is 9.42. The molecule has 5 atom stereocenters. The average Bonchev–Trinajstić information content (AvgIpc) is 3.17. The number of carbonyl (C=O) groups is 8. The Morgan fingerprint density at radius 3 is 2.05 bits per heavy atom. The second-order valence-corrected chi connectivity index (χ2v) is 9.42. The van der Waals surface area contributed by atoms with E-state index in [0.29, 0.717) is 10.5 Å². The highest BCUT2D eigenvalue weighted by Crippen LogP contribution is 2.19. The lowest BCUT2D eigenvalue weighted by atomic mass is 10.0. The molecule has 1 saturated heterocycles. The molecule has 0 radical (unpaired) electrons. The molecule has 17 heteroatoms. The van der Waals surface area contributed by atoms with Gasteiger partial charge in [-0.05, 0) is 24.6 Å². The van der Waals surface area contributed by atoms with Crippen LogP contribution in [0.1, 0.15) is 32.3 Å². The lowest BCUT2D eigenvalue weighted by Gasteiger charge is -2.27. The third-order valence-corrected chi connectivity index (χ3v) is 6.10. The van der Waals surface area contributed by atoms with E-state index in [2.05, 4.69) is 21.3 Å². The Morgan fingerprint density at radius 2 is 1.52 bits per heavy atom. The fourth-order valence-corrected chi connectivity index (χ4v) is 4.01. The first kappa shape index (κ1) is 33.1. The highest BCUT2D eigenvalue weighted by molar-refractivity contribution is 6.10. The van der Waals surface area contributed by atoms with Gasteiger partial charge in [0.05, 0.1) is 19.4 Å². The van der Waals surface area contributed by atoms with Gasteiger partial charge in [0.1, 0.15) is 36.0 Å². The number of aliphatic carboxylic acids is 2. The first-order chi connectivity index (χ1) is 19.6. The van der Waals surface area contributed by atoms with E-state index in [-0.39, 0.29) is 12.2 Å². The van der Waals surface area contributed by atoms with Crippen molar-refractivity contribution in [2.24, 2.45) is 0 Å². The molecule has 0 bridgehead atoms. The van der Waals surface area contributed by atoms with Crippen molar-refractivity contribution in [2.75, 3.05) is 6.61 Å². The summed E-state index contributed by atoms with van der Waals surface area (Å²) in [7, 11) is 0. The predicted octanol–water partition coefficient (Wildman–Crippen LogP) is -3.41. The molecule has 1 aliphatic rings. The number of phenolic OH excluding ortho intramolecular Hbond substituents is 1. The summed E-state index contributed by atoms with van der Waals surface area (Å²) in [5.41, 5.74) is 0.433. The smallest absolute Gasteiger partial charge is 0.328 e. The zero-order valence-corrected chi connectivity index (χ0v) is 22.5. The molecule has 1 aromatic rings. The molecule has 6 amide bonds. The van der Waals surface area contributed by atoms with Gasteiger partial charge in [-0.2, -0.15) is 0 Å². The molecule has 0 spiro atoms. The normalized spacial score (nSPS) is 17.4. The van der Waals surface area contributed by atoms with Crippen molar-refractivity contribution in [1.82, 2.24) is 26.2 Å². The number of aromatic hydroxyl groups is 1. The zero-order valence-electron chi connectivity index (χ0n) is 22.5. The molecule has 1 aliphatic heterocycles. The molecule has 42 heavy (non-hydrogen) atoms. The minimum Gasteiger partial charge on any atom is -0.508 e. The molecule has 1 fully saturated rings. The van der Waals surface area contributed by atoms with Gasteiger partial charge in [-0.3, -0.25) is 38.5 Å². The minimum atomic E-state index is -1.87. The van der Waals surface area contributed by atoms with Gasteiger partial charge < -0.3 is 41.7 Å². The number of hydrogen-bond donors (Lipinski definition) is 8. The standard InChI is InChI=1S/C25H31N5O12/c1-11(26-23(39)18(9-20(35)36)30-19(34)8-16(24(30)40)27-12(2)32)21(37)28-15(7-13-3-5-14(33)6-4-13)22(38)29-17(10-31)25(41)42/h3-6,11,15-18,31,33H,7-10H2,1-2H3,(H,26,39)(H,27,32)(H,28,37)(H,29,38)(H,35,36)(H,41,42)/t11-,15-,16-,17-,18-/m0/s1. The van der Waals surface area contributed by atoms with Gasteiger partial charge in [-0.1, -0.05) is 12.1 Å². The van der Waals surface area contributed by atoms with E-state index in [1.165, 1.54) is 31.2 Å². The number of carboxylic acid groups (broad SMARTS) is 2. The highest BCUT2D eigenvalue weighted by Gasteiger charge is 2.46. The maximum absolute atomic E-state index is 13.0. The van der Waals surface area contributed by atoms with E-state index in [1.54, 1.807) is 0 Å². The quantitative estimate of drug-likeness (QED) is 0.0981. The zero-order chi connectivity index (χ0) is 31.7. The number of aliphatic hydroxyl groups is 1. The van der Waals surface area contributed by atoms with Gasteiger partial charge in [0.25, 0.3) is 5.91 Å². The fourth-order valence-electron chi connectivity index (χ4n) is 4.01. The van der Waals surface area contributed by atoms with Gasteiger partial charge in [0.2, 0.25) is 29.5 Å². The lowest BCUT2D eigenvalue weighted by Crippen LogP contribution is -2.58. The number of aliphatic hydroxyl groups excluding tert-OH is 1. The monoisotopic (exact) mass is 593 g/mol. The average molecular weight is 594 g/mol. The van der Waals surface area contributed by atoms with Crippen LogP contribution < -0.4 is 21.3 Å². The molecular weight excluding hydrogens is 562 g/mol. The van der Waals surface area contributed by atoms with Crippen LogP contribution in [0, 0.1) is 0 Å². The van der Waals surface area contributed by atoms with E-state index in [1.807, 2.05) is 0 Å². The van der Waals surface area contributed by atoms with Crippen molar-refractivity contribution < 1.29 is 58.8 Å². The van der Waals surface area contributed by atoms with Crippen molar-refractivity contribution >= 4 is 47.4 Å². The van der Waals surface area contributed by atoms with Crippen molar-refractivity contribution in [1.29, 1.82) is 0 Å². The Hall–Kier alpha value is -5.06. The first-order valence-corrected chi connectivity index (χ1v) is 12.5. The fraction of sp³-hybridized carbons (Fsp3) is 0.440. The summed E-state index contributed by atoms with van der Waals surface area (Å²) in [5, 5.41) is 46.0. The van der Waals surface area contributed by atoms with E-state index in [9.17, 15) is 53.7 Å². The van der Waals surface area contributed by atoms with Gasteiger partial charge in [0, 0.05) is 13.3 Å². The number of imide groups is 1. The van der Waals surface area contributed by atoms with Crippen LogP contribution in [-0.4, -0.2) is 110 Å². The number of likely N-dealkylation sites (tertiary alicyclic amines) is 1. The van der Waals surface area contributed by atoms with Gasteiger partial charge >= 0.3 is 11.9 Å². The number of hydrogen-bond acceptors (Lipinski definition) is 10. The van der Waals surface area contributed by atoms with Crippen molar-refractivity contribution in [3.8, 4) is 5.75 Å². The summed E-state index contributed by atoms with van der Waals surface area (Å²) in [5.74, 6) is -8.89. The number of nitrogens with one attached hydrogen (secondary N) is 4. The summed E-state index contributed by atoms with van der Waals surface area (Å²) in [6.45, 7) is 1.32. The number of benzene rings is 1. The number of phenols is 1. The van der Waals surface area contributed by atoms with E-state index < -0.39 is 97.0 Å². The molecule has 0 aromatic heterocycles. The molecule has 0 aliphatic carbocycles. The molecule has 0 unspecified atom stereocenters. The van der Waals surface area contributed by atoms with Crippen LogP contribution in [0.25, 0.3) is 0 Å².